The number of benzene rings is 1. The Balaban J connectivity index is 0.00000180. The van der Waals surface area contributed by atoms with Crippen LogP contribution in [0.25, 0.3) is 11.0 Å². The van der Waals surface area contributed by atoms with E-state index in [1.807, 2.05) is 0 Å². The Kier molecular flexibility index (Phi) is 4.62. The standard InChI is InChI=1S/C10H9Cl2N5O.ClH/c1-17(10(13)14)9(18)8-15-6-2-4(11)5(12)3-7(6)16-8;/h2-3H,1H3,(H3,13,14)(H,15,16);1H. The maximum absolute atomic E-state index is 11.9. The van der Waals surface area contributed by atoms with Gasteiger partial charge in [-0.2, -0.15) is 0 Å². The van der Waals surface area contributed by atoms with Crippen molar-refractivity contribution in [3.8, 4) is 0 Å². The number of nitrogens with two attached hydrogens (primary N) is 1. The molecule has 102 valence electrons. The van der Waals surface area contributed by atoms with E-state index in [1.54, 1.807) is 12.1 Å². The summed E-state index contributed by atoms with van der Waals surface area (Å²) < 4.78 is 0. The van der Waals surface area contributed by atoms with Gasteiger partial charge in [-0.15, -0.1) is 12.4 Å². The first-order valence-corrected chi connectivity index (χ1v) is 5.62. The number of hydrogen-bond donors (Lipinski definition) is 3. The number of carbonyl (C=O) groups is 1. The predicted molar refractivity (Wildman–Crippen MR) is 77.4 cm³/mol. The number of nitrogens with zero attached hydrogens (tertiary/aromatic N) is 2. The van der Waals surface area contributed by atoms with E-state index in [0.717, 1.165) is 4.90 Å². The Bertz CT molecular complexity index is 615. The number of aromatic nitrogens is 2. The van der Waals surface area contributed by atoms with Crippen molar-refractivity contribution in [2.24, 2.45) is 5.73 Å². The van der Waals surface area contributed by atoms with Gasteiger partial charge in [0.15, 0.2) is 11.8 Å². The Hall–Kier alpha value is -1.50. The first kappa shape index (κ1) is 15.6. The maximum atomic E-state index is 11.9. The van der Waals surface area contributed by atoms with E-state index in [4.69, 9.17) is 34.3 Å². The molecule has 2 rings (SSSR count). The molecule has 0 unspecified atom stereocenters. The molecule has 6 nitrogen and oxygen atoms in total. The van der Waals surface area contributed by atoms with Gasteiger partial charge in [-0.25, -0.2) is 4.98 Å². The lowest BCUT2D eigenvalue weighted by Gasteiger charge is -2.11. The molecule has 9 heteroatoms. The van der Waals surface area contributed by atoms with Gasteiger partial charge < -0.3 is 10.7 Å². The average Bonchev–Trinajstić information content (AvgIpc) is 2.70. The van der Waals surface area contributed by atoms with E-state index in [0.29, 0.717) is 21.1 Å². The minimum Gasteiger partial charge on any atom is -0.370 e. The lowest BCUT2D eigenvalue weighted by atomic mass is 10.3. The number of rotatable bonds is 1. The first-order chi connectivity index (χ1) is 8.40. The molecular weight excluding hydrogens is 313 g/mol. The van der Waals surface area contributed by atoms with Gasteiger partial charge >= 0.3 is 0 Å². The summed E-state index contributed by atoms with van der Waals surface area (Å²) in [5, 5.41) is 7.91. The van der Waals surface area contributed by atoms with Crippen LogP contribution in [0.2, 0.25) is 10.0 Å². The molecule has 0 spiro atoms. The summed E-state index contributed by atoms with van der Waals surface area (Å²) in [4.78, 5) is 19.7. The number of amides is 1. The Morgan fingerprint density at radius 1 is 1.42 bits per heavy atom. The van der Waals surface area contributed by atoms with Gasteiger partial charge in [-0.3, -0.25) is 15.1 Å². The van der Waals surface area contributed by atoms with Crippen LogP contribution in [0, 0.1) is 5.41 Å². The molecule has 1 aromatic heterocycles. The normalized spacial score (nSPS) is 10.1. The number of guanidine groups is 1. The third kappa shape index (κ3) is 2.91. The van der Waals surface area contributed by atoms with Crippen molar-refractivity contribution in [2.75, 3.05) is 7.05 Å². The van der Waals surface area contributed by atoms with E-state index in [2.05, 4.69) is 9.97 Å². The van der Waals surface area contributed by atoms with Gasteiger partial charge in [0, 0.05) is 7.05 Å². The summed E-state index contributed by atoms with van der Waals surface area (Å²) >= 11 is 11.7. The van der Waals surface area contributed by atoms with Crippen molar-refractivity contribution in [3.63, 3.8) is 0 Å². The van der Waals surface area contributed by atoms with Crippen LogP contribution in [0.3, 0.4) is 0 Å². The first-order valence-electron chi connectivity index (χ1n) is 4.87. The third-order valence-electron chi connectivity index (χ3n) is 2.39. The van der Waals surface area contributed by atoms with Crippen molar-refractivity contribution in [1.82, 2.24) is 14.9 Å². The molecule has 0 radical (unpaired) electrons. The largest absolute Gasteiger partial charge is 0.370 e. The van der Waals surface area contributed by atoms with Crippen molar-refractivity contribution >= 4 is 58.5 Å². The molecule has 19 heavy (non-hydrogen) atoms. The van der Waals surface area contributed by atoms with Gasteiger partial charge in [0.05, 0.1) is 21.1 Å². The maximum Gasteiger partial charge on any atom is 0.296 e. The van der Waals surface area contributed by atoms with E-state index in [1.165, 1.54) is 7.05 Å². The number of imidazole rings is 1. The van der Waals surface area contributed by atoms with E-state index in [-0.39, 0.29) is 24.2 Å². The molecule has 0 bridgehead atoms. The molecule has 0 aliphatic heterocycles. The number of halogens is 3. The van der Waals surface area contributed by atoms with E-state index < -0.39 is 5.91 Å². The lowest BCUT2D eigenvalue weighted by Crippen LogP contribution is -2.38. The monoisotopic (exact) mass is 321 g/mol. The van der Waals surface area contributed by atoms with Crippen LogP contribution in [0.5, 0.6) is 0 Å². The summed E-state index contributed by atoms with van der Waals surface area (Å²) in [6.07, 6.45) is 0. The summed E-state index contributed by atoms with van der Waals surface area (Å²) in [5.41, 5.74) is 6.33. The Labute approximate surface area is 124 Å². The van der Waals surface area contributed by atoms with Crippen molar-refractivity contribution < 1.29 is 4.79 Å². The van der Waals surface area contributed by atoms with Crippen LogP contribution in [0.4, 0.5) is 0 Å². The predicted octanol–water partition coefficient (Wildman–Crippen LogP) is 2.26. The number of nitrogens with one attached hydrogen (secondary N) is 2. The van der Waals surface area contributed by atoms with Crippen molar-refractivity contribution in [1.29, 1.82) is 5.41 Å². The summed E-state index contributed by atoms with van der Waals surface area (Å²) in [6, 6.07) is 3.14. The Morgan fingerprint density at radius 2 is 2.00 bits per heavy atom. The molecule has 4 N–H and O–H groups in total. The third-order valence-corrected chi connectivity index (χ3v) is 3.11. The second-order valence-corrected chi connectivity index (χ2v) is 4.43. The highest BCUT2D eigenvalue weighted by molar-refractivity contribution is 6.42. The van der Waals surface area contributed by atoms with Crippen LogP contribution in [-0.4, -0.2) is 33.8 Å². The van der Waals surface area contributed by atoms with E-state index in [9.17, 15) is 4.79 Å². The minimum atomic E-state index is -0.508. The number of H-pyrrole nitrogens is 1. The van der Waals surface area contributed by atoms with Gasteiger partial charge in [0.1, 0.15) is 0 Å². The molecule has 1 amide bonds. The number of hydrogen-bond acceptors (Lipinski definition) is 3. The van der Waals surface area contributed by atoms with Crippen LogP contribution >= 0.6 is 35.6 Å². The zero-order chi connectivity index (χ0) is 13.4. The van der Waals surface area contributed by atoms with Crippen molar-refractivity contribution in [3.05, 3.63) is 28.0 Å². The average molecular weight is 323 g/mol. The quantitative estimate of drug-likeness (QED) is 0.554. The van der Waals surface area contributed by atoms with Gasteiger partial charge in [0.25, 0.3) is 5.91 Å². The highest BCUT2D eigenvalue weighted by Crippen LogP contribution is 2.26. The van der Waals surface area contributed by atoms with Gasteiger partial charge in [-0.05, 0) is 12.1 Å². The number of carbonyl (C=O) groups excluding carboxylic acids is 1. The topological polar surface area (TPSA) is 98.9 Å². The molecule has 0 saturated carbocycles. The summed E-state index contributed by atoms with van der Waals surface area (Å²) in [5.74, 6) is -0.802. The molecular formula is C10H10Cl3N5O. The van der Waals surface area contributed by atoms with Crippen LogP contribution < -0.4 is 5.73 Å². The molecule has 0 atom stereocenters. The fraction of sp³-hybridized carbons (Fsp3) is 0.100. The lowest BCUT2D eigenvalue weighted by molar-refractivity contribution is 0.0859. The zero-order valence-electron chi connectivity index (χ0n) is 9.70. The second kappa shape index (κ2) is 5.64. The molecule has 0 saturated heterocycles. The fourth-order valence-corrected chi connectivity index (χ4v) is 1.70. The SMILES string of the molecule is CN(C(=N)N)C(=O)c1nc2cc(Cl)c(Cl)cc2[nH]1.Cl. The molecule has 0 aliphatic rings. The molecule has 0 fully saturated rings. The highest BCUT2D eigenvalue weighted by atomic mass is 35.5. The number of aromatic amines is 1. The molecule has 2 aromatic rings. The smallest absolute Gasteiger partial charge is 0.296 e. The van der Waals surface area contributed by atoms with E-state index >= 15 is 0 Å². The molecule has 1 aromatic carbocycles. The van der Waals surface area contributed by atoms with Crippen LogP contribution in [-0.2, 0) is 0 Å². The van der Waals surface area contributed by atoms with Crippen molar-refractivity contribution in [2.45, 2.75) is 0 Å². The zero-order valence-corrected chi connectivity index (χ0v) is 12.0. The second-order valence-electron chi connectivity index (χ2n) is 3.62. The van der Waals surface area contributed by atoms with Gasteiger partial charge in [-0.1, -0.05) is 23.2 Å². The highest BCUT2D eigenvalue weighted by Gasteiger charge is 2.18. The summed E-state index contributed by atoms with van der Waals surface area (Å²) in [6.45, 7) is 0. The van der Waals surface area contributed by atoms with Crippen LogP contribution in [0.15, 0.2) is 12.1 Å². The van der Waals surface area contributed by atoms with Crippen LogP contribution in [0.1, 0.15) is 10.6 Å². The molecule has 1 heterocycles. The minimum absolute atomic E-state index is 0. The molecule has 0 aliphatic carbocycles. The van der Waals surface area contributed by atoms with Gasteiger partial charge in [0.2, 0.25) is 0 Å². The summed E-state index contributed by atoms with van der Waals surface area (Å²) in [7, 11) is 1.39. The Morgan fingerprint density at radius 3 is 2.58 bits per heavy atom. The number of fused-ring (bicyclic) bond motifs is 1. The fourth-order valence-electron chi connectivity index (χ4n) is 1.37.